The minimum absolute atomic E-state index is 0.0550. The third-order valence-corrected chi connectivity index (χ3v) is 5.00. The number of hydrogen-bond acceptors (Lipinski definition) is 2. The van der Waals surface area contributed by atoms with Gasteiger partial charge in [-0.3, -0.25) is 4.79 Å². The van der Waals surface area contributed by atoms with Crippen molar-refractivity contribution in [1.82, 2.24) is 0 Å². The van der Waals surface area contributed by atoms with Crippen molar-refractivity contribution in [1.29, 1.82) is 0 Å². The molecule has 1 aliphatic rings. The lowest BCUT2D eigenvalue weighted by molar-refractivity contribution is -0.126. The van der Waals surface area contributed by atoms with Crippen LogP contribution >= 0.6 is 27.5 Å². The Bertz CT molecular complexity index is 722. The maximum Gasteiger partial charge on any atom is 0.272 e. The van der Waals surface area contributed by atoms with Crippen LogP contribution in [-0.4, -0.2) is 17.8 Å². The molecule has 1 atom stereocenters. The highest BCUT2D eigenvalue weighted by Crippen LogP contribution is 2.40. The maximum atomic E-state index is 13.0. The van der Waals surface area contributed by atoms with Crippen LogP contribution in [0.4, 0.5) is 5.69 Å². The van der Waals surface area contributed by atoms with Crippen LogP contribution in [0, 0.1) is 0 Å². The predicted octanol–water partition coefficient (Wildman–Crippen LogP) is 5.37. The van der Waals surface area contributed by atoms with Crippen LogP contribution in [0.25, 0.3) is 0 Å². The first-order valence-corrected chi connectivity index (χ1v) is 9.60. The number of para-hydroxylation sites is 2. The molecule has 2 aromatic carbocycles. The van der Waals surface area contributed by atoms with E-state index in [1.54, 1.807) is 6.07 Å². The Hall–Kier alpha value is -1.52. The van der Waals surface area contributed by atoms with Crippen LogP contribution < -0.4 is 9.64 Å². The second kappa shape index (κ2) is 8.04. The van der Waals surface area contributed by atoms with Gasteiger partial charge in [-0.25, -0.2) is 0 Å². The Morgan fingerprint density at radius 3 is 2.58 bits per heavy atom. The van der Waals surface area contributed by atoms with Crippen molar-refractivity contribution >= 4 is 39.1 Å². The summed E-state index contributed by atoms with van der Waals surface area (Å²) in [6.07, 6.45) is 2.45. The molecule has 1 heterocycles. The third-order valence-electron chi connectivity index (χ3n) is 4.09. The van der Waals surface area contributed by atoms with Crippen molar-refractivity contribution in [3.05, 3.63) is 59.1 Å². The van der Waals surface area contributed by atoms with Gasteiger partial charge in [-0.05, 0) is 31.0 Å². The minimum Gasteiger partial charge on any atom is -0.474 e. The average molecular weight is 409 g/mol. The fourth-order valence-electron chi connectivity index (χ4n) is 2.87. The summed E-state index contributed by atoms with van der Waals surface area (Å²) >= 11 is 9.73. The average Bonchev–Trinajstić information content (AvgIpc) is 2.60. The third kappa shape index (κ3) is 3.60. The van der Waals surface area contributed by atoms with E-state index < -0.39 is 6.10 Å². The zero-order valence-electron chi connectivity index (χ0n) is 13.3. The number of fused-ring (bicyclic) bond motifs is 1. The molecule has 0 bridgehead atoms. The Balaban J connectivity index is 1.89. The first-order valence-electron chi connectivity index (χ1n) is 8.10. The van der Waals surface area contributed by atoms with Crippen molar-refractivity contribution in [2.75, 3.05) is 16.8 Å². The highest BCUT2D eigenvalue weighted by molar-refractivity contribution is 9.09. The molecule has 24 heavy (non-hydrogen) atoms. The zero-order valence-corrected chi connectivity index (χ0v) is 15.6. The largest absolute Gasteiger partial charge is 0.474 e. The number of halogens is 2. The standard InChI is InChI=1S/C19H19BrClNO2/c20-12-6-1-7-13-22-16-10-4-5-11-17(16)24-18(19(22)23)14-8-2-3-9-15(14)21/h2-5,8-11,18H,1,6-7,12-13H2. The SMILES string of the molecule is O=C1C(c2ccccc2Cl)Oc2ccccc2N1CCCCCBr. The van der Waals surface area contributed by atoms with E-state index >= 15 is 0 Å². The van der Waals surface area contributed by atoms with Gasteiger partial charge in [0.1, 0.15) is 5.75 Å². The van der Waals surface area contributed by atoms with E-state index in [1.165, 1.54) is 0 Å². The molecule has 3 nitrogen and oxygen atoms in total. The minimum atomic E-state index is -0.690. The van der Waals surface area contributed by atoms with Gasteiger partial charge in [0.05, 0.1) is 5.69 Å². The van der Waals surface area contributed by atoms with E-state index in [2.05, 4.69) is 15.9 Å². The molecule has 0 N–H and O–H groups in total. The first-order chi connectivity index (χ1) is 11.7. The quantitative estimate of drug-likeness (QED) is 0.475. The molecule has 1 aliphatic heterocycles. The number of unbranched alkanes of at least 4 members (excludes halogenated alkanes) is 2. The molecule has 0 fully saturated rings. The number of alkyl halides is 1. The monoisotopic (exact) mass is 407 g/mol. The number of hydrogen-bond donors (Lipinski definition) is 0. The summed E-state index contributed by atoms with van der Waals surface area (Å²) < 4.78 is 5.99. The van der Waals surface area contributed by atoms with Gasteiger partial charge in [0, 0.05) is 22.5 Å². The van der Waals surface area contributed by atoms with E-state index in [1.807, 2.05) is 47.4 Å². The van der Waals surface area contributed by atoms with Crippen LogP contribution in [0.15, 0.2) is 48.5 Å². The first kappa shape index (κ1) is 17.3. The molecule has 5 heteroatoms. The molecule has 0 aromatic heterocycles. The summed E-state index contributed by atoms with van der Waals surface area (Å²) in [4.78, 5) is 14.9. The van der Waals surface area contributed by atoms with E-state index in [4.69, 9.17) is 16.3 Å². The predicted molar refractivity (Wildman–Crippen MR) is 101 cm³/mol. The molecule has 2 aromatic rings. The molecule has 0 saturated heterocycles. The van der Waals surface area contributed by atoms with Gasteiger partial charge in [-0.15, -0.1) is 0 Å². The smallest absolute Gasteiger partial charge is 0.272 e. The number of benzene rings is 2. The Kier molecular flexibility index (Phi) is 5.80. The van der Waals surface area contributed by atoms with Crippen molar-refractivity contribution in [3.63, 3.8) is 0 Å². The summed E-state index contributed by atoms with van der Waals surface area (Å²) in [5.74, 6) is 0.670. The summed E-state index contributed by atoms with van der Waals surface area (Å²) in [6.45, 7) is 0.688. The lowest BCUT2D eigenvalue weighted by Crippen LogP contribution is -2.41. The molecular formula is C19H19BrClNO2. The maximum absolute atomic E-state index is 13.0. The zero-order chi connectivity index (χ0) is 16.9. The van der Waals surface area contributed by atoms with Crippen LogP contribution in [-0.2, 0) is 4.79 Å². The summed E-state index contributed by atoms with van der Waals surface area (Å²) in [6, 6.07) is 15.0. The molecule has 0 spiro atoms. The van der Waals surface area contributed by atoms with Crippen molar-refractivity contribution in [2.45, 2.75) is 25.4 Å². The second-order valence-electron chi connectivity index (χ2n) is 5.73. The van der Waals surface area contributed by atoms with Crippen LogP contribution in [0.5, 0.6) is 5.75 Å². The fourth-order valence-corrected chi connectivity index (χ4v) is 3.50. The van der Waals surface area contributed by atoms with Gasteiger partial charge in [-0.1, -0.05) is 64.3 Å². The molecule has 3 rings (SSSR count). The number of carbonyl (C=O) groups is 1. The number of ether oxygens (including phenoxy) is 1. The Morgan fingerprint density at radius 1 is 1.04 bits per heavy atom. The molecule has 126 valence electrons. The highest BCUT2D eigenvalue weighted by atomic mass is 79.9. The molecule has 0 aliphatic carbocycles. The molecule has 1 unspecified atom stereocenters. The second-order valence-corrected chi connectivity index (χ2v) is 6.93. The van der Waals surface area contributed by atoms with Crippen LogP contribution in [0.2, 0.25) is 5.02 Å². The van der Waals surface area contributed by atoms with E-state index in [-0.39, 0.29) is 5.91 Å². The van der Waals surface area contributed by atoms with Gasteiger partial charge in [0.25, 0.3) is 5.91 Å². The molecule has 0 saturated carbocycles. The van der Waals surface area contributed by atoms with Gasteiger partial charge in [0.15, 0.2) is 0 Å². The van der Waals surface area contributed by atoms with Gasteiger partial charge in [0.2, 0.25) is 6.10 Å². The lowest BCUT2D eigenvalue weighted by Gasteiger charge is -2.34. The number of anilines is 1. The van der Waals surface area contributed by atoms with E-state index in [9.17, 15) is 4.79 Å². The van der Waals surface area contributed by atoms with Crippen LogP contribution in [0.1, 0.15) is 30.9 Å². The van der Waals surface area contributed by atoms with Gasteiger partial charge < -0.3 is 9.64 Å². The van der Waals surface area contributed by atoms with Gasteiger partial charge >= 0.3 is 0 Å². The molecule has 0 radical (unpaired) electrons. The molecular weight excluding hydrogens is 390 g/mol. The summed E-state index contributed by atoms with van der Waals surface area (Å²) in [7, 11) is 0. The fraction of sp³-hybridized carbons (Fsp3) is 0.316. The van der Waals surface area contributed by atoms with E-state index in [0.717, 1.165) is 36.0 Å². The van der Waals surface area contributed by atoms with E-state index in [0.29, 0.717) is 17.1 Å². The van der Waals surface area contributed by atoms with Crippen LogP contribution in [0.3, 0.4) is 0 Å². The topological polar surface area (TPSA) is 29.5 Å². The van der Waals surface area contributed by atoms with Crippen molar-refractivity contribution in [3.8, 4) is 5.75 Å². The number of rotatable bonds is 6. The lowest BCUT2D eigenvalue weighted by atomic mass is 10.0. The number of carbonyl (C=O) groups excluding carboxylic acids is 1. The number of nitrogens with zero attached hydrogens (tertiary/aromatic N) is 1. The summed E-state index contributed by atoms with van der Waals surface area (Å²) in [5, 5.41) is 1.54. The normalized spacial score (nSPS) is 16.7. The molecule has 1 amide bonds. The Morgan fingerprint density at radius 2 is 1.79 bits per heavy atom. The Labute approximate surface area is 155 Å². The summed E-state index contributed by atoms with van der Waals surface area (Å²) in [5.41, 5.74) is 1.55. The number of amides is 1. The van der Waals surface area contributed by atoms with Crippen molar-refractivity contribution in [2.24, 2.45) is 0 Å². The van der Waals surface area contributed by atoms with Crippen molar-refractivity contribution < 1.29 is 9.53 Å². The van der Waals surface area contributed by atoms with Gasteiger partial charge in [-0.2, -0.15) is 0 Å². The highest BCUT2D eigenvalue weighted by Gasteiger charge is 2.35.